The van der Waals surface area contributed by atoms with Crippen molar-refractivity contribution in [2.24, 2.45) is 0 Å². The van der Waals surface area contributed by atoms with Crippen LogP contribution in [0.3, 0.4) is 0 Å². The van der Waals surface area contributed by atoms with E-state index >= 15 is 0 Å². The molecule has 0 aliphatic carbocycles. The first kappa shape index (κ1) is 18.7. The summed E-state index contributed by atoms with van der Waals surface area (Å²) < 4.78 is 1.75. The van der Waals surface area contributed by atoms with E-state index in [0.717, 1.165) is 16.8 Å². The van der Waals surface area contributed by atoms with E-state index in [1.54, 1.807) is 21.9 Å². The van der Waals surface area contributed by atoms with E-state index in [2.05, 4.69) is 17.0 Å². The topological polar surface area (TPSA) is 50.2 Å². The molecule has 0 spiro atoms. The lowest BCUT2D eigenvalue weighted by atomic mass is 10.2. The summed E-state index contributed by atoms with van der Waals surface area (Å²) in [5.41, 5.74) is 2.90. The van der Waals surface area contributed by atoms with Crippen LogP contribution in [-0.4, -0.2) is 27.3 Å². The molecule has 2 amide bonds. The number of benzene rings is 2. The highest BCUT2D eigenvalue weighted by molar-refractivity contribution is 6.30. The van der Waals surface area contributed by atoms with Gasteiger partial charge < -0.3 is 10.2 Å². The smallest absolute Gasteiger partial charge is 0.318 e. The summed E-state index contributed by atoms with van der Waals surface area (Å²) in [7, 11) is 0. The lowest BCUT2D eigenvalue weighted by Gasteiger charge is -2.21. The predicted octanol–water partition coefficient (Wildman–Crippen LogP) is 4.42. The minimum absolute atomic E-state index is 0.141. The Morgan fingerprint density at radius 3 is 2.59 bits per heavy atom. The molecule has 0 aliphatic rings. The van der Waals surface area contributed by atoms with Crippen molar-refractivity contribution in [3.8, 4) is 5.69 Å². The van der Waals surface area contributed by atoms with Gasteiger partial charge in [0.25, 0.3) is 0 Å². The number of halogens is 1. The third kappa shape index (κ3) is 5.21. The zero-order chi connectivity index (χ0) is 19.1. The van der Waals surface area contributed by atoms with E-state index in [1.807, 2.05) is 60.8 Å². The van der Waals surface area contributed by atoms with Crippen LogP contribution >= 0.6 is 11.6 Å². The molecule has 0 unspecified atom stereocenters. The molecule has 1 aromatic heterocycles. The standard InChI is InChI=1S/C21H21ClN4O/c1-2-12-25(15-17-6-4-3-5-7-17)21(27)23-13-18-14-24-26(16-18)20-10-8-19(22)9-11-20/h2-11,14,16H,1,12-13,15H2,(H,23,27). The van der Waals surface area contributed by atoms with Crippen LogP contribution in [0.4, 0.5) is 4.79 Å². The third-order valence-corrected chi connectivity index (χ3v) is 4.28. The fourth-order valence-electron chi connectivity index (χ4n) is 2.65. The molecule has 3 aromatic rings. The van der Waals surface area contributed by atoms with Crippen LogP contribution in [0, 0.1) is 0 Å². The number of nitrogens with one attached hydrogen (secondary N) is 1. The minimum Gasteiger partial charge on any atom is -0.334 e. The SMILES string of the molecule is C=CCN(Cc1ccccc1)C(=O)NCc1cnn(-c2ccc(Cl)cc2)c1. The fourth-order valence-corrected chi connectivity index (χ4v) is 2.78. The number of carbonyl (C=O) groups is 1. The van der Waals surface area contributed by atoms with Crippen molar-refractivity contribution in [1.29, 1.82) is 0 Å². The average Bonchev–Trinajstić information content (AvgIpc) is 3.16. The van der Waals surface area contributed by atoms with Crippen LogP contribution < -0.4 is 5.32 Å². The molecule has 0 aliphatic heterocycles. The van der Waals surface area contributed by atoms with Gasteiger partial charge in [0.2, 0.25) is 0 Å². The summed E-state index contributed by atoms with van der Waals surface area (Å²) in [5.74, 6) is 0. The number of hydrogen-bond acceptors (Lipinski definition) is 2. The third-order valence-electron chi connectivity index (χ3n) is 4.02. The van der Waals surface area contributed by atoms with E-state index in [4.69, 9.17) is 11.6 Å². The summed E-state index contributed by atoms with van der Waals surface area (Å²) in [5, 5.41) is 7.96. The second-order valence-electron chi connectivity index (χ2n) is 6.08. The van der Waals surface area contributed by atoms with E-state index in [9.17, 15) is 4.79 Å². The molecular formula is C21H21ClN4O. The van der Waals surface area contributed by atoms with Crippen molar-refractivity contribution in [3.05, 3.63) is 95.8 Å². The monoisotopic (exact) mass is 380 g/mol. The quantitative estimate of drug-likeness (QED) is 0.617. The Balaban J connectivity index is 1.60. The Morgan fingerprint density at radius 2 is 1.89 bits per heavy atom. The van der Waals surface area contributed by atoms with Gasteiger partial charge in [-0.1, -0.05) is 48.0 Å². The first-order valence-electron chi connectivity index (χ1n) is 8.63. The second-order valence-corrected chi connectivity index (χ2v) is 6.52. The highest BCUT2D eigenvalue weighted by atomic mass is 35.5. The normalized spacial score (nSPS) is 10.4. The van der Waals surface area contributed by atoms with E-state index in [0.29, 0.717) is 24.7 Å². The number of hydrogen-bond donors (Lipinski definition) is 1. The van der Waals surface area contributed by atoms with Crippen LogP contribution in [0.5, 0.6) is 0 Å². The molecule has 0 atom stereocenters. The molecular weight excluding hydrogens is 360 g/mol. The number of urea groups is 1. The van der Waals surface area contributed by atoms with Crippen molar-refractivity contribution < 1.29 is 4.79 Å². The molecule has 138 valence electrons. The summed E-state index contributed by atoms with van der Waals surface area (Å²) in [6.07, 6.45) is 5.35. The number of carbonyl (C=O) groups excluding carboxylic acids is 1. The van der Waals surface area contributed by atoms with Gasteiger partial charge in [-0.3, -0.25) is 0 Å². The van der Waals surface area contributed by atoms with Crippen molar-refractivity contribution in [2.45, 2.75) is 13.1 Å². The molecule has 2 aromatic carbocycles. The second kappa shape index (κ2) is 9.05. The van der Waals surface area contributed by atoms with E-state index in [1.165, 1.54) is 0 Å². The largest absolute Gasteiger partial charge is 0.334 e. The molecule has 5 nitrogen and oxygen atoms in total. The maximum atomic E-state index is 12.6. The molecule has 0 fully saturated rings. The summed E-state index contributed by atoms with van der Waals surface area (Å²) >= 11 is 5.91. The molecule has 0 bridgehead atoms. The first-order chi connectivity index (χ1) is 13.2. The number of aromatic nitrogens is 2. The molecule has 0 radical (unpaired) electrons. The molecule has 1 heterocycles. The van der Waals surface area contributed by atoms with Gasteiger partial charge in [-0.15, -0.1) is 6.58 Å². The van der Waals surface area contributed by atoms with Crippen molar-refractivity contribution >= 4 is 17.6 Å². The van der Waals surface area contributed by atoms with Crippen LogP contribution in [-0.2, 0) is 13.1 Å². The van der Waals surface area contributed by atoms with Gasteiger partial charge in [0.15, 0.2) is 0 Å². The lowest BCUT2D eigenvalue weighted by Crippen LogP contribution is -2.39. The molecule has 1 N–H and O–H groups in total. The Labute approximate surface area is 163 Å². The van der Waals surface area contributed by atoms with Gasteiger partial charge in [0, 0.05) is 36.4 Å². The van der Waals surface area contributed by atoms with Gasteiger partial charge in [-0.25, -0.2) is 9.48 Å². The Morgan fingerprint density at radius 1 is 1.15 bits per heavy atom. The van der Waals surface area contributed by atoms with Gasteiger partial charge in [-0.2, -0.15) is 5.10 Å². The zero-order valence-corrected chi connectivity index (χ0v) is 15.6. The summed E-state index contributed by atoms with van der Waals surface area (Å²) in [4.78, 5) is 14.3. The maximum Gasteiger partial charge on any atom is 0.318 e. The number of nitrogens with zero attached hydrogens (tertiary/aromatic N) is 3. The van der Waals surface area contributed by atoms with Crippen molar-refractivity contribution in [1.82, 2.24) is 20.0 Å². The van der Waals surface area contributed by atoms with Gasteiger partial charge in [0.05, 0.1) is 11.9 Å². The maximum absolute atomic E-state index is 12.6. The molecule has 0 saturated carbocycles. The van der Waals surface area contributed by atoms with Crippen LogP contribution in [0.25, 0.3) is 5.69 Å². The minimum atomic E-state index is -0.141. The van der Waals surface area contributed by atoms with E-state index in [-0.39, 0.29) is 6.03 Å². The van der Waals surface area contributed by atoms with E-state index < -0.39 is 0 Å². The first-order valence-corrected chi connectivity index (χ1v) is 9.00. The highest BCUT2D eigenvalue weighted by Crippen LogP contribution is 2.13. The van der Waals surface area contributed by atoms with Crippen LogP contribution in [0.15, 0.2) is 79.6 Å². The number of amides is 2. The summed E-state index contributed by atoms with van der Waals surface area (Å²) in [6, 6.07) is 17.2. The van der Waals surface area contributed by atoms with Crippen LogP contribution in [0.2, 0.25) is 5.02 Å². The van der Waals surface area contributed by atoms with Crippen molar-refractivity contribution in [2.75, 3.05) is 6.54 Å². The predicted molar refractivity (Wildman–Crippen MR) is 108 cm³/mol. The van der Waals surface area contributed by atoms with Crippen LogP contribution in [0.1, 0.15) is 11.1 Å². The molecule has 6 heteroatoms. The van der Waals surface area contributed by atoms with Gasteiger partial charge in [0.1, 0.15) is 0 Å². The highest BCUT2D eigenvalue weighted by Gasteiger charge is 2.12. The zero-order valence-electron chi connectivity index (χ0n) is 14.9. The Bertz CT molecular complexity index is 890. The summed E-state index contributed by atoms with van der Waals surface area (Å²) in [6.45, 7) is 5.15. The van der Waals surface area contributed by atoms with Gasteiger partial charge in [-0.05, 0) is 29.8 Å². The lowest BCUT2D eigenvalue weighted by molar-refractivity contribution is 0.200. The molecule has 27 heavy (non-hydrogen) atoms. The van der Waals surface area contributed by atoms with Gasteiger partial charge >= 0.3 is 6.03 Å². The Hall–Kier alpha value is -3.05. The molecule has 0 saturated heterocycles. The van der Waals surface area contributed by atoms with Crippen molar-refractivity contribution in [3.63, 3.8) is 0 Å². The fraction of sp³-hybridized carbons (Fsp3) is 0.143. The molecule has 3 rings (SSSR count). The number of rotatable bonds is 7. The average molecular weight is 381 g/mol. The Kier molecular flexibility index (Phi) is 6.28.